The van der Waals surface area contributed by atoms with Gasteiger partial charge >= 0.3 is 0 Å². The Bertz CT molecular complexity index is 3170. The molecule has 0 atom stereocenters. The first-order valence-electron chi connectivity index (χ1n) is 18.0. The SMILES string of the molecule is c1ccc(-c2ccc3c(c2)oc2c(N(c4ccc(-c5ccc6c(ccc7ccccc76)c5)cc4)c4ccc5sc6ccccc6c5c4)cccc23)cc1. The third-order valence-corrected chi connectivity index (χ3v) is 11.8. The Morgan fingerprint density at radius 1 is 0.358 bits per heavy atom. The highest BCUT2D eigenvalue weighted by molar-refractivity contribution is 7.25. The smallest absolute Gasteiger partial charge is 0.159 e. The molecule has 11 aromatic rings. The largest absolute Gasteiger partial charge is 0.454 e. The van der Waals surface area contributed by atoms with Gasteiger partial charge in [-0.15, -0.1) is 11.3 Å². The fraction of sp³-hybridized carbons (Fsp3) is 0. The lowest BCUT2D eigenvalue weighted by atomic mass is 9.97. The molecule has 0 aliphatic carbocycles. The fourth-order valence-electron chi connectivity index (χ4n) is 8.05. The minimum Gasteiger partial charge on any atom is -0.454 e. The molecule has 0 bridgehead atoms. The second-order valence-corrected chi connectivity index (χ2v) is 14.8. The Morgan fingerprint density at radius 2 is 1.00 bits per heavy atom. The van der Waals surface area contributed by atoms with E-state index in [1.165, 1.54) is 58.4 Å². The molecule has 9 aromatic carbocycles. The first kappa shape index (κ1) is 30.0. The van der Waals surface area contributed by atoms with Gasteiger partial charge in [-0.05, 0) is 104 Å². The predicted octanol–water partition coefficient (Wildman–Crippen LogP) is 15.1. The van der Waals surface area contributed by atoms with Crippen LogP contribution in [0.1, 0.15) is 0 Å². The first-order valence-corrected chi connectivity index (χ1v) is 18.8. The van der Waals surface area contributed by atoms with Gasteiger partial charge in [-0.3, -0.25) is 0 Å². The summed E-state index contributed by atoms with van der Waals surface area (Å²) < 4.78 is 9.42. The van der Waals surface area contributed by atoms with Gasteiger partial charge < -0.3 is 9.32 Å². The van der Waals surface area contributed by atoms with Crippen molar-refractivity contribution in [2.75, 3.05) is 4.90 Å². The lowest BCUT2D eigenvalue weighted by Gasteiger charge is -2.26. The lowest BCUT2D eigenvalue weighted by molar-refractivity contribution is 0.669. The molecule has 0 N–H and O–H groups in total. The van der Waals surface area contributed by atoms with Crippen molar-refractivity contribution in [2.24, 2.45) is 0 Å². The maximum atomic E-state index is 6.84. The van der Waals surface area contributed by atoms with Crippen LogP contribution in [0.25, 0.3) is 85.9 Å². The summed E-state index contributed by atoms with van der Waals surface area (Å²) in [5.41, 5.74) is 9.60. The zero-order chi connectivity index (χ0) is 34.9. The first-order chi connectivity index (χ1) is 26.2. The third kappa shape index (κ3) is 4.93. The quantitative estimate of drug-likeness (QED) is 0.167. The van der Waals surface area contributed by atoms with E-state index in [9.17, 15) is 0 Å². The van der Waals surface area contributed by atoms with E-state index in [0.717, 1.165) is 44.6 Å². The standard InChI is InChI=1S/C50H31NOS/c1-2-9-32(10-3-1)36-22-27-42-44-14-8-15-46(50(44)52-47(42)30-36)51(39-25-28-49-45(31-39)43-13-6-7-16-48(43)53-49)38-23-19-33(20-24-38)35-21-26-41-37(29-35)18-17-34-11-4-5-12-40(34)41/h1-31H. The Balaban J connectivity index is 1.07. The summed E-state index contributed by atoms with van der Waals surface area (Å²) in [5, 5.41) is 9.83. The maximum absolute atomic E-state index is 6.84. The van der Waals surface area contributed by atoms with Gasteiger partial charge in [0.25, 0.3) is 0 Å². The molecular formula is C50H31NOS. The number of fused-ring (bicyclic) bond motifs is 9. The van der Waals surface area contributed by atoms with Gasteiger partial charge in [0.05, 0.1) is 5.69 Å². The molecule has 11 rings (SSSR count). The summed E-state index contributed by atoms with van der Waals surface area (Å²) in [6, 6.07) is 68.0. The Kier molecular flexibility index (Phi) is 6.76. The predicted molar refractivity (Wildman–Crippen MR) is 227 cm³/mol. The highest BCUT2D eigenvalue weighted by Crippen LogP contribution is 2.45. The molecule has 0 saturated heterocycles. The summed E-state index contributed by atoms with van der Waals surface area (Å²) in [5.74, 6) is 0. The Hall–Kier alpha value is -6.68. The van der Waals surface area contributed by atoms with Crippen LogP contribution in [-0.2, 0) is 0 Å². The number of rotatable bonds is 5. The van der Waals surface area contributed by atoms with E-state index in [-0.39, 0.29) is 0 Å². The number of para-hydroxylation sites is 1. The number of nitrogens with zero attached hydrogens (tertiary/aromatic N) is 1. The molecule has 0 radical (unpaired) electrons. The van der Waals surface area contributed by atoms with Gasteiger partial charge in [-0.25, -0.2) is 0 Å². The van der Waals surface area contributed by atoms with Gasteiger partial charge in [0.2, 0.25) is 0 Å². The molecular weight excluding hydrogens is 663 g/mol. The summed E-state index contributed by atoms with van der Waals surface area (Å²) >= 11 is 1.84. The summed E-state index contributed by atoms with van der Waals surface area (Å²) in [4.78, 5) is 2.35. The molecule has 53 heavy (non-hydrogen) atoms. The van der Waals surface area contributed by atoms with Crippen molar-refractivity contribution in [3.8, 4) is 22.3 Å². The van der Waals surface area contributed by atoms with Crippen LogP contribution in [0.15, 0.2) is 192 Å². The second kappa shape index (κ2) is 11.9. The van der Waals surface area contributed by atoms with E-state index in [0.29, 0.717) is 0 Å². The molecule has 0 unspecified atom stereocenters. The summed E-state index contributed by atoms with van der Waals surface area (Å²) in [6.45, 7) is 0. The van der Waals surface area contributed by atoms with Gasteiger partial charge in [0.15, 0.2) is 5.58 Å². The van der Waals surface area contributed by atoms with E-state index < -0.39 is 0 Å². The zero-order valence-electron chi connectivity index (χ0n) is 28.7. The molecule has 2 heterocycles. The number of benzene rings is 9. The van der Waals surface area contributed by atoms with Crippen molar-refractivity contribution in [1.82, 2.24) is 0 Å². The molecule has 0 saturated carbocycles. The normalized spacial score (nSPS) is 11.8. The highest BCUT2D eigenvalue weighted by Gasteiger charge is 2.21. The number of anilines is 3. The van der Waals surface area contributed by atoms with Crippen LogP contribution >= 0.6 is 11.3 Å². The molecule has 3 heteroatoms. The minimum atomic E-state index is 0.869. The van der Waals surface area contributed by atoms with Crippen molar-refractivity contribution >= 4 is 92.1 Å². The monoisotopic (exact) mass is 693 g/mol. The molecule has 0 spiro atoms. The Labute approximate surface area is 310 Å². The van der Waals surface area contributed by atoms with Crippen molar-refractivity contribution in [1.29, 1.82) is 0 Å². The van der Waals surface area contributed by atoms with Gasteiger partial charge in [0, 0.05) is 42.3 Å². The van der Waals surface area contributed by atoms with Crippen molar-refractivity contribution in [3.63, 3.8) is 0 Å². The number of hydrogen-bond acceptors (Lipinski definition) is 3. The van der Waals surface area contributed by atoms with Gasteiger partial charge in [0.1, 0.15) is 5.58 Å². The average Bonchev–Trinajstić information content (AvgIpc) is 3.79. The number of hydrogen-bond donors (Lipinski definition) is 0. The maximum Gasteiger partial charge on any atom is 0.159 e. The van der Waals surface area contributed by atoms with Crippen molar-refractivity contribution in [3.05, 3.63) is 188 Å². The van der Waals surface area contributed by atoms with Crippen LogP contribution in [0.4, 0.5) is 17.1 Å². The molecule has 0 amide bonds. The third-order valence-electron chi connectivity index (χ3n) is 10.6. The number of thiophene rings is 1. The molecule has 0 fully saturated rings. The van der Waals surface area contributed by atoms with E-state index in [1.54, 1.807) is 0 Å². The van der Waals surface area contributed by atoms with Crippen molar-refractivity contribution < 1.29 is 4.42 Å². The van der Waals surface area contributed by atoms with E-state index in [2.05, 4.69) is 193 Å². The lowest BCUT2D eigenvalue weighted by Crippen LogP contribution is -2.10. The summed E-state index contributed by atoms with van der Waals surface area (Å²) in [6.07, 6.45) is 0. The van der Waals surface area contributed by atoms with Crippen LogP contribution in [0, 0.1) is 0 Å². The molecule has 2 aromatic heterocycles. The second-order valence-electron chi connectivity index (χ2n) is 13.7. The van der Waals surface area contributed by atoms with Crippen LogP contribution in [0.5, 0.6) is 0 Å². The molecule has 248 valence electrons. The highest BCUT2D eigenvalue weighted by atomic mass is 32.1. The summed E-state index contributed by atoms with van der Waals surface area (Å²) in [7, 11) is 0. The van der Waals surface area contributed by atoms with Crippen LogP contribution < -0.4 is 4.90 Å². The van der Waals surface area contributed by atoms with Gasteiger partial charge in [-0.1, -0.05) is 127 Å². The molecule has 0 aliphatic heterocycles. The van der Waals surface area contributed by atoms with Crippen LogP contribution in [0.2, 0.25) is 0 Å². The van der Waals surface area contributed by atoms with Crippen LogP contribution in [-0.4, -0.2) is 0 Å². The Morgan fingerprint density at radius 3 is 1.89 bits per heavy atom. The van der Waals surface area contributed by atoms with E-state index >= 15 is 0 Å². The topological polar surface area (TPSA) is 16.4 Å². The number of furan rings is 1. The molecule has 0 aliphatic rings. The fourth-order valence-corrected chi connectivity index (χ4v) is 9.13. The molecule has 2 nitrogen and oxygen atoms in total. The van der Waals surface area contributed by atoms with E-state index in [4.69, 9.17) is 4.42 Å². The minimum absolute atomic E-state index is 0.869. The van der Waals surface area contributed by atoms with Crippen LogP contribution in [0.3, 0.4) is 0 Å². The average molecular weight is 694 g/mol. The van der Waals surface area contributed by atoms with Gasteiger partial charge in [-0.2, -0.15) is 0 Å². The van der Waals surface area contributed by atoms with E-state index in [1.807, 2.05) is 11.3 Å². The zero-order valence-corrected chi connectivity index (χ0v) is 29.5. The van der Waals surface area contributed by atoms with Crippen molar-refractivity contribution in [2.45, 2.75) is 0 Å².